The van der Waals surface area contributed by atoms with E-state index >= 15 is 0 Å². The lowest BCUT2D eigenvalue weighted by Gasteiger charge is -2.12. The maximum atomic E-state index is 11.7. The minimum Gasteiger partial charge on any atom is -0.336 e. The third-order valence-corrected chi connectivity index (χ3v) is 3.48. The Morgan fingerprint density at radius 2 is 2.14 bits per heavy atom. The van der Waals surface area contributed by atoms with Crippen molar-refractivity contribution in [2.24, 2.45) is 0 Å². The van der Waals surface area contributed by atoms with E-state index in [1.807, 2.05) is 50.6 Å². The van der Waals surface area contributed by atoms with Crippen LogP contribution in [-0.4, -0.2) is 26.8 Å². The minimum absolute atomic E-state index is 0.156. The molecule has 22 heavy (non-hydrogen) atoms. The maximum absolute atomic E-state index is 11.7. The molecular formula is C16H23N5O. The van der Waals surface area contributed by atoms with Crippen molar-refractivity contribution in [2.75, 3.05) is 0 Å². The molecule has 2 amide bonds. The number of carbonyl (C=O) groups excluding carboxylic acids is 1. The largest absolute Gasteiger partial charge is 0.336 e. The van der Waals surface area contributed by atoms with Crippen LogP contribution in [0, 0.1) is 13.8 Å². The van der Waals surface area contributed by atoms with Crippen LogP contribution in [0.25, 0.3) is 5.82 Å². The molecule has 6 nitrogen and oxygen atoms in total. The van der Waals surface area contributed by atoms with Gasteiger partial charge in [0.25, 0.3) is 0 Å². The molecule has 2 rings (SSSR count). The molecule has 0 bridgehead atoms. The average molecular weight is 301 g/mol. The lowest BCUT2D eigenvalue weighted by atomic mass is 10.2. The van der Waals surface area contributed by atoms with Crippen LogP contribution in [0.15, 0.2) is 24.4 Å². The number of nitrogens with zero attached hydrogens (tertiary/aromatic N) is 3. The molecule has 0 aliphatic rings. The van der Waals surface area contributed by atoms with E-state index in [0.29, 0.717) is 6.54 Å². The first-order valence-corrected chi connectivity index (χ1v) is 7.52. The SMILES string of the molecule is CCC(C)NC(=O)NCc1ccc(-n2nc(C)cc2C)nc1. The number of pyridine rings is 1. The predicted octanol–water partition coefficient (Wildman–Crippen LogP) is 2.48. The van der Waals surface area contributed by atoms with Crippen LogP contribution < -0.4 is 10.6 Å². The van der Waals surface area contributed by atoms with Crippen molar-refractivity contribution in [1.82, 2.24) is 25.4 Å². The van der Waals surface area contributed by atoms with Gasteiger partial charge in [-0.1, -0.05) is 13.0 Å². The number of rotatable bonds is 5. The van der Waals surface area contributed by atoms with Crippen molar-refractivity contribution in [3.05, 3.63) is 41.3 Å². The van der Waals surface area contributed by atoms with Crippen molar-refractivity contribution in [3.63, 3.8) is 0 Å². The topological polar surface area (TPSA) is 71.8 Å². The van der Waals surface area contributed by atoms with Gasteiger partial charge in [-0.3, -0.25) is 0 Å². The lowest BCUT2D eigenvalue weighted by molar-refractivity contribution is 0.237. The fourth-order valence-electron chi connectivity index (χ4n) is 2.07. The van der Waals surface area contributed by atoms with E-state index in [1.165, 1.54) is 0 Å². The molecule has 2 heterocycles. The molecule has 0 fully saturated rings. The summed E-state index contributed by atoms with van der Waals surface area (Å²) in [5.41, 5.74) is 2.96. The number of hydrogen-bond acceptors (Lipinski definition) is 3. The van der Waals surface area contributed by atoms with Gasteiger partial charge < -0.3 is 10.6 Å². The maximum Gasteiger partial charge on any atom is 0.315 e. The summed E-state index contributed by atoms with van der Waals surface area (Å²) in [6.45, 7) is 8.41. The summed E-state index contributed by atoms with van der Waals surface area (Å²) in [7, 11) is 0. The predicted molar refractivity (Wildman–Crippen MR) is 86.0 cm³/mol. The monoisotopic (exact) mass is 301 g/mol. The van der Waals surface area contributed by atoms with Gasteiger partial charge in [-0.2, -0.15) is 5.10 Å². The summed E-state index contributed by atoms with van der Waals surface area (Å²) in [5, 5.41) is 10.1. The Morgan fingerprint density at radius 1 is 1.36 bits per heavy atom. The normalized spacial score (nSPS) is 12.0. The van der Waals surface area contributed by atoms with Crippen molar-refractivity contribution < 1.29 is 4.79 Å². The van der Waals surface area contributed by atoms with Crippen LogP contribution in [0.5, 0.6) is 0 Å². The summed E-state index contributed by atoms with van der Waals surface area (Å²) in [4.78, 5) is 16.1. The molecule has 0 radical (unpaired) electrons. The smallest absolute Gasteiger partial charge is 0.315 e. The summed E-state index contributed by atoms with van der Waals surface area (Å²) in [6.07, 6.45) is 2.67. The van der Waals surface area contributed by atoms with Gasteiger partial charge in [-0.25, -0.2) is 14.5 Å². The van der Waals surface area contributed by atoms with Gasteiger partial charge in [0.15, 0.2) is 5.82 Å². The van der Waals surface area contributed by atoms with Crippen molar-refractivity contribution >= 4 is 6.03 Å². The summed E-state index contributed by atoms with van der Waals surface area (Å²) in [5.74, 6) is 0.776. The molecule has 118 valence electrons. The highest BCUT2D eigenvalue weighted by Gasteiger charge is 2.07. The number of urea groups is 1. The van der Waals surface area contributed by atoms with Crippen LogP contribution >= 0.6 is 0 Å². The standard InChI is InChI=1S/C16H23N5O/c1-5-11(2)19-16(22)18-10-14-6-7-15(17-9-14)21-13(4)8-12(3)20-21/h6-9,11H,5,10H2,1-4H3,(H2,18,19,22). The molecule has 2 N–H and O–H groups in total. The Balaban J connectivity index is 1.95. The number of aryl methyl sites for hydroxylation is 2. The first-order valence-electron chi connectivity index (χ1n) is 7.52. The molecular weight excluding hydrogens is 278 g/mol. The molecule has 2 aromatic rings. The minimum atomic E-state index is -0.156. The van der Waals surface area contributed by atoms with E-state index in [-0.39, 0.29) is 12.1 Å². The number of aromatic nitrogens is 3. The van der Waals surface area contributed by atoms with Crippen molar-refractivity contribution in [2.45, 2.75) is 46.7 Å². The van der Waals surface area contributed by atoms with E-state index in [1.54, 1.807) is 6.20 Å². The molecule has 1 unspecified atom stereocenters. The number of nitrogens with one attached hydrogen (secondary N) is 2. The molecule has 6 heteroatoms. The summed E-state index contributed by atoms with van der Waals surface area (Å²) >= 11 is 0. The summed E-state index contributed by atoms with van der Waals surface area (Å²) in [6, 6.07) is 5.88. The Labute approximate surface area is 130 Å². The zero-order valence-corrected chi connectivity index (χ0v) is 13.6. The second-order valence-corrected chi connectivity index (χ2v) is 5.50. The van der Waals surface area contributed by atoms with Crippen LogP contribution in [0.3, 0.4) is 0 Å². The van der Waals surface area contributed by atoms with Gasteiger partial charge in [-0.15, -0.1) is 0 Å². The molecule has 0 saturated carbocycles. The van der Waals surface area contributed by atoms with Gasteiger partial charge in [0.1, 0.15) is 0 Å². The van der Waals surface area contributed by atoms with Gasteiger partial charge in [-0.05, 0) is 44.9 Å². The quantitative estimate of drug-likeness (QED) is 0.891. The second kappa shape index (κ2) is 7.06. The Hall–Kier alpha value is -2.37. The Bertz CT molecular complexity index is 632. The van der Waals surface area contributed by atoms with E-state index in [9.17, 15) is 4.79 Å². The number of hydrogen-bond donors (Lipinski definition) is 2. The molecule has 0 aromatic carbocycles. The third-order valence-electron chi connectivity index (χ3n) is 3.48. The lowest BCUT2D eigenvalue weighted by Crippen LogP contribution is -2.40. The van der Waals surface area contributed by atoms with Crippen LogP contribution in [-0.2, 0) is 6.54 Å². The average Bonchev–Trinajstić information content (AvgIpc) is 2.84. The van der Waals surface area contributed by atoms with Gasteiger partial charge in [0.2, 0.25) is 0 Å². The van der Waals surface area contributed by atoms with Gasteiger partial charge in [0.05, 0.1) is 5.69 Å². The molecule has 0 saturated heterocycles. The van der Waals surface area contributed by atoms with Crippen molar-refractivity contribution in [1.29, 1.82) is 0 Å². The first-order chi connectivity index (χ1) is 10.5. The Kier molecular flexibility index (Phi) is 5.14. The van der Waals surface area contributed by atoms with E-state index in [0.717, 1.165) is 29.2 Å². The highest BCUT2D eigenvalue weighted by atomic mass is 16.2. The fraction of sp³-hybridized carbons (Fsp3) is 0.438. The summed E-state index contributed by atoms with van der Waals surface area (Å²) < 4.78 is 1.81. The highest BCUT2D eigenvalue weighted by Crippen LogP contribution is 2.10. The number of carbonyl (C=O) groups is 1. The van der Waals surface area contributed by atoms with Crippen LogP contribution in [0.1, 0.15) is 37.2 Å². The molecule has 2 aromatic heterocycles. The van der Waals surface area contributed by atoms with E-state index in [2.05, 4.69) is 20.7 Å². The van der Waals surface area contributed by atoms with Crippen LogP contribution in [0.2, 0.25) is 0 Å². The van der Waals surface area contributed by atoms with E-state index < -0.39 is 0 Å². The zero-order chi connectivity index (χ0) is 16.1. The molecule has 0 aliphatic heterocycles. The highest BCUT2D eigenvalue weighted by molar-refractivity contribution is 5.74. The number of amides is 2. The van der Waals surface area contributed by atoms with Crippen molar-refractivity contribution in [3.8, 4) is 5.82 Å². The van der Waals surface area contributed by atoms with Crippen LogP contribution in [0.4, 0.5) is 4.79 Å². The fourth-order valence-corrected chi connectivity index (χ4v) is 2.07. The Morgan fingerprint density at radius 3 is 2.68 bits per heavy atom. The zero-order valence-electron chi connectivity index (χ0n) is 13.6. The van der Waals surface area contributed by atoms with Gasteiger partial charge in [0, 0.05) is 24.5 Å². The molecule has 0 aliphatic carbocycles. The third kappa shape index (κ3) is 4.07. The second-order valence-electron chi connectivity index (χ2n) is 5.50. The molecule has 0 spiro atoms. The first kappa shape index (κ1) is 16.0. The molecule has 1 atom stereocenters. The van der Waals surface area contributed by atoms with Gasteiger partial charge >= 0.3 is 6.03 Å². The van der Waals surface area contributed by atoms with E-state index in [4.69, 9.17) is 0 Å².